The molecule has 1 N–H and O–H groups in total. The molecule has 0 bridgehead atoms. The van der Waals surface area contributed by atoms with E-state index in [1.165, 1.54) is 12.8 Å². The van der Waals surface area contributed by atoms with Gasteiger partial charge in [-0.1, -0.05) is 19.0 Å². The highest BCUT2D eigenvalue weighted by molar-refractivity contribution is 4.87. The number of likely N-dealkylation sites (N-methyl/N-ethyl adjacent to an activating group) is 1. The van der Waals surface area contributed by atoms with Gasteiger partial charge in [-0.3, -0.25) is 4.90 Å². The van der Waals surface area contributed by atoms with Crippen LogP contribution < -0.4 is 5.32 Å². The largest absolute Gasteiger partial charge is 0.338 e. The van der Waals surface area contributed by atoms with Crippen molar-refractivity contribution in [2.45, 2.75) is 52.1 Å². The van der Waals surface area contributed by atoms with Crippen LogP contribution in [0.3, 0.4) is 0 Å². The first-order chi connectivity index (χ1) is 8.81. The zero-order valence-corrected chi connectivity index (χ0v) is 11.5. The molecule has 0 aliphatic carbocycles. The summed E-state index contributed by atoms with van der Waals surface area (Å²) in [4.78, 5) is 6.79. The highest BCUT2D eigenvalue weighted by Gasteiger charge is 2.18. The summed E-state index contributed by atoms with van der Waals surface area (Å²) < 4.78 is 5.29. The van der Waals surface area contributed by atoms with E-state index < -0.39 is 0 Å². The summed E-state index contributed by atoms with van der Waals surface area (Å²) in [5.41, 5.74) is 0. The van der Waals surface area contributed by atoms with Crippen molar-refractivity contribution in [1.29, 1.82) is 0 Å². The molecule has 1 saturated heterocycles. The maximum absolute atomic E-state index is 5.29. The number of hydrogen-bond donors (Lipinski definition) is 1. The normalized spacial score (nSPS) is 19.8. The monoisotopic (exact) mass is 252 g/mol. The van der Waals surface area contributed by atoms with Crippen LogP contribution in [0.5, 0.6) is 0 Å². The molecule has 0 radical (unpaired) electrons. The van der Waals surface area contributed by atoms with Gasteiger partial charge in [-0.05, 0) is 32.4 Å². The molecular weight excluding hydrogens is 228 g/mol. The lowest BCUT2D eigenvalue weighted by Crippen LogP contribution is -2.37. The Labute approximate surface area is 109 Å². The molecule has 1 atom stereocenters. The van der Waals surface area contributed by atoms with Crippen molar-refractivity contribution in [3.8, 4) is 0 Å². The Bertz CT molecular complexity index is 347. The maximum Gasteiger partial charge on any atom is 0.240 e. The summed E-state index contributed by atoms with van der Waals surface area (Å²) >= 11 is 0. The van der Waals surface area contributed by atoms with Crippen molar-refractivity contribution < 1.29 is 4.52 Å². The number of hydrogen-bond acceptors (Lipinski definition) is 5. The average Bonchev–Trinajstić information content (AvgIpc) is 3.01. The van der Waals surface area contributed by atoms with Gasteiger partial charge in [0.25, 0.3) is 0 Å². The van der Waals surface area contributed by atoms with E-state index in [0.29, 0.717) is 6.04 Å². The Balaban J connectivity index is 1.83. The minimum Gasteiger partial charge on any atom is -0.338 e. The van der Waals surface area contributed by atoms with Crippen molar-refractivity contribution in [1.82, 2.24) is 20.4 Å². The molecule has 0 amide bonds. The van der Waals surface area contributed by atoms with Gasteiger partial charge in [-0.25, -0.2) is 0 Å². The summed E-state index contributed by atoms with van der Waals surface area (Å²) in [5.74, 6) is 1.58. The fraction of sp³-hybridized carbons (Fsp3) is 0.846. The number of nitrogens with zero attached hydrogens (tertiary/aromatic N) is 3. The summed E-state index contributed by atoms with van der Waals surface area (Å²) in [5, 5.41) is 7.52. The third-order valence-electron chi connectivity index (χ3n) is 3.43. The molecule has 5 heteroatoms. The lowest BCUT2D eigenvalue weighted by Gasteiger charge is -2.22. The Hall–Kier alpha value is -0.940. The second kappa shape index (κ2) is 6.85. The first-order valence-electron chi connectivity index (χ1n) is 7.09. The van der Waals surface area contributed by atoms with Crippen molar-refractivity contribution in [3.63, 3.8) is 0 Å². The van der Waals surface area contributed by atoms with E-state index in [9.17, 15) is 0 Å². The molecule has 1 aliphatic rings. The maximum atomic E-state index is 5.29. The molecule has 2 heterocycles. The van der Waals surface area contributed by atoms with E-state index in [0.717, 1.165) is 50.7 Å². The van der Waals surface area contributed by atoms with Crippen molar-refractivity contribution >= 4 is 0 Å². The van der Waals surface area contributed by atoms with Gasteiger partial charge in [0, 0.05) is 19.0 Å². The molecule has 1 aromatic rings. The van der Waals surface area contributed by atoms with Crippen LogP contribution in [0.15, 0.2) is 4.52 Å². The van der Waals surface area contributed by atoms with E-state index in [1.54, 1.807) is 0 Å². The van der Waals surface area contributed by atoms with Crippen LogP contribution in [0.1, 0.15) is 44.8 Å². The van der Waals surface area contributed by atoms with E-state index in [-0.39, 0.29) is 0 Å². The van der Waals surface area contributed by atoms with Crippen LogP contribution in [0.25, 0.3) is 0 Å². The standard InChI is InChI=1S/C13H24N4O/c1-3-6-12-15-13(18-16-12)10-17(4-2)9-11-7-5-8-14-11/h11,14H,3-10H2,1-2H3. The van der Waals surface area contributed by atoms with Gasteiger partial charge in [-0.2, -0.15) is 4.98 Å². The fourth-order valence-electron chi connectivity index (χ4n) is 2.40. The zero-order chi connectivity index (χ0) is 12.8. The van der Waals surface area contributed by atoms with Crippen LogP contribution in [0, 0.1) is 0 Å². The Morgan fingerprint density at radius 2 is 2.33 bits per heavy atom. The van der Waals surface area contributed by atoms with E-state index in [4.69, 9.17) is 4.52 Å². The molecule has 2 rings (SSSR count). The molecule has 1 aromatic heterocycles. The van der Waals surface area contributed by atoms with E-state index >= 15 is 0 Å². The summed E-state index contributed by atoms with van der Waals surface area (Å²) in [7, 11) is 0. The number of aryl methyl sites for hydroxylation is 1. The predicted molar refractivity (Wildman–Crippen MR) is 70.3 cm³/mol. The molecule has 102 valence electrons. The highest BCUT2D eigenvalue weighted by atomic mass is 16.5. The second-order valence-corrected chi connectivity index (χ2v) is 4.98. The third-order valence-corrected chi connectivity index (χ3v) is 3.43. The molecule has 0 saturated carbocycles. The third kappa shape index (κ3) is 3.78. The molecular formula is C13H24N4O. The molecule has 1 fully saturated rings. The summed E-state index contributed by atoms with van der Waals surface area (Å²) in [6.07, 6.45) is 4.53. The first-order valence-corrected chi connectivity index (χ1v) is 7.09. The molecule has 5 nitrogen and oxygen atoms in total. The van der Waals surface area contributed by atoms with Crippen molar-refractivity contribution in [2.24, 2.45) is 0 Å². The highest BCUT2D eigenvalue weighted by Crippen LogP contribution is 2.10. The summed E-state index contributed by atoms with van der Waals surface area (Å²) in [6, 6.07) is 0.628. The average molecular weight is 252 g/mol. The Morgan fingerprint density at radius 3 is 3.00 bits per heavy atom. The number of nitrogens with one attached hydrogen (secondary N) is 1. The van der Waals surface area contributed by atoms with Gasteiger partial charge in [0.1, 0.15) is 0 Å². The van der Waals surface area contributed by atoms with Crippen molar-refractivity contribution in [3.05, 3.63) is 11.7 Å². The second-order valence-electron chi connectivity index (χ2n) is 4.98. The minimum absolute atomic E-state index is 0.628. The molecule has 1 unspecified atom stereocenters. The van der Waals surface area contributed by atoms with Gasteiger partial charge in [0.15, 0.2) is 5.82 Å². The number of aromatic nitrogens is 2. The van der Waals surface area contributed by atoms with Gasteiger partial charge in [0.05, 0.1) is 6.54 Å². The molecule has 1 aliphatic heterocycles. The smallest absolute Gasteiger partial charge is 0.240 e. The molecule has 0 spiro atoms. The first kappa shape index (κ1) is 13.5. The van der Waals surface area contributed by atoms with Gasteiger partial charge < -0.3 is 9.84 Å². The van der Waals surface area contributed by atoms with Gasteiger partial charge >= 0.3 is 0 Å². The topological polar surface area (TPSA) is 54.2 Å². The minimum atomic E-state index is 0.628. The van der Waals surface area contributed by atoms with Crippen LogP contribution >= 0.6 is 0 Å². The lowest BCUT2D eigenvalue weighted by atomic mass is 10.2. The summed E-state index contributed by atoms with van der Waals surface area (Å²) in [6.45, 7) is 8.32. The Morgan fingerprint density at radius 1 is 1.44 bits per heavy atom. The van der Waals surface area contributed by atoms with Gasteiger partial charge in [0.2, 0.25) is 5.89 Å². The zero-order valence-electron chi connectivity index (χ0n) is 11.5. The van der Waals surface area contributed by atoms with Crippen LogP contribution in [-0.4, -0.2) is 40.7 Å². The van der Waals surface area contributed by atoms with Crippen LogP contribution in [0.4, 0.5) is 0 Å². The van der Waals surface area contributed by atoms with Crippen molar-refractivity contribution in [2.75, 3.05) is 19.6 Å². The van der Waals surface area contributed by atoms with Crippen LogP contribution in [0.2, 0.25) is 0 Å². The SMILES string of the molecule is CCCc1noc(CN(CC)CC2CCCN2)n1. The fourth-order valence-corrected chi connectivity index (χ4v) is 2.40. The molecule has 0 aromatic carbocycles. The number of rotatable bonds is 7. The lowest BCUT2D eigenvalue weighted by molar-refractivity contribution is 0.218. The Kier molecular flexibility index (Phi) is 5.13. The predicted octanol–water partition coefficient (Wildman–Crippen LogP) is 1.60. The van der Waals surface area contributed by atoms with E-state index in [1.807, 2.05) is 0 Å². The molecule has 18 heavy (non-hydrogen) atoms. The van der Waals surface area contributed by atoms with Gasteiger partial charge in [-0.15, -0.1) is 0 Å². The van der Waals surface area contributed by atoms with E-state index in [2.05, 4.69) is 34.2 Å². The quantitative estimate of drug-likeness (QED) is 0.798. The van der Waals surface area contributed by atoms with Crippen LogP contribution in [-0.2, 0) is 13.0 Å².